The van der Waals surface area contributed by atoms with Gasteiger partial charge in [0.25, 0.3) is 0 Å². The zero-order valence-corrected chi connectivity index (χ0v) is 10.2. The summed E-state index contributed by atoms with van der Waals surface area (Å²) < 4.78 is 25.2. The van der Waals surface area contributed by atoms with E-state index in [1.165, 1.54) is 18.2 Å². The van der Waals surface area contributed by atoms with Crippen molar-refractivity contribution in [2.75, 3.05) is 0 Å². The molecule has 0 saturated heterocycles. The summed E-state index contributed by atoms with van der Waals surface area (Å²) in [6.45, 7) is 3.32. The number of halogens is 1. The highest BCUT2D eigenvalue weighted by atomic mass is 31.2. The Morgan fingerprint density at radius 1 is 1.25 bits per heavy atom. The van der Waals surface area contributed by atoms with E-state index in [1.54, 1.807) is 19.9 Å². The van der Waals surface area contributed by atoms with Crippen molar-refractivity contribution in [3.8, 4) is 0 Å². The average molecular weight is 246 g/mol. The Morgan fingerprint density at radius 3 is 2.12 bits per heavy atom. The maximum atomic E-state index is 13.6. The normalized spacial score (nSPS) is 12.8. The molecule has 1 rings (SSSR count). The van der Waals surface area contributed by atoms with Crippen molar-refractivity contribution in [2.24, 2.45) is 0 Å². The molecule has 0 heterocycles. The van der Waals surface area contributed by atoms with Gasteiger partial charge in [-0.2, -0.15) is 0 Å². The molecule has 90 valence electrons. The lowest BCUT2D eigenvalue weighted by atomic mass is 9.92. The monoisotopic (exact) mass is 246 g/mol. The first-order valence-corrected chi connectivity index (χ1v) is 6.81. The van der Waals surface area contributed by atoms with Gasteiger partial charge in [0.05, 0.1) is 5.16 Å². The summed E-state index contributed by atoms with van der Waals surface area (Å²) in [6.07, 6.45) is 0.406. The summed E-state index contributed by atoms with van der Waals surface area (Å²) in [6, 6.07) is 5.77. The molecule has 2 N–H and O–H groups in total. The minimum absolute atomic E-state index is 0.105. The van der Waals surface area contributed by atoms with Gasteiger partial charge in [-0.3, -0.25) is 4.57 Å². The molecule has 0 unspecified atom stereocenters. The van der Waals surface area contributed by atoms with Crippen LogP contribution in [0, 0.1) is 5.82 Å². The van der Waals surface area contributed by atoms with Gasteiger partial charge in [0.2, 0.25) is 0 Å². The maximum Gasteiger partial charge on any atom is 0.336 e. The molecule has 0 aliphatic heterocycles. The molecule has 0 saturated carbocycles. The van der Waals surface area contributed by atoms with E-state index in [0.717, 1.165) is 0 Å². The molecule has 1 aromatic rings. The fourth-order valence-corrected chi connectivity index (χ4v) is 3.36. The van der Waals surface area contributed by atoms with Gasteiger partial charge < -0.3 is 9.79 Å². The predicted molar refractivity (Wildman–Crippen MR) is 60.7 cm³/mol. The van der Waals surface area contributed by atoms with Crippen LogP contribution in [0.25, 0.3) is 0 Å². The SMILES string of the molecule is CCC(CC)(c1ccccc1F)P(=O)(O)O. The van der Waals surface area contributed by atoms with Crippen molar-refractivity contribution in [3.05, 3.63) is 35.6 Å². The molecule has 3 nitrogen and oxygen atoms in total. The summed E-state index contributed by atoms with van der Waals surface area (Å²) in [7, 11) is -4.40. The first-order chi connectivity index (χ1) is 7.39. The second-order valence-corrected chi connectivity index (χ2v) is 5.71. The topological polar surface area (TPSA) is 57.5 Å². The predicted octanol–water partition coefficient (Wildman–Crippen LogP) is 3.02. The van der Waals surface area contributed by atoms with Gasteiger partial charge in [-0.15, -0.1) is 0 Å². The average Bonchev–Trinajstić information content (AvgIpc) is 2.21. The Labute approximate surface area is 94.5 Å². The quantitative estimate of drug-likeness (QED) is 0.803. The fraction of sp³-hybridized carbons (Fsp3) is 0.455. The smallest absolute Gasteiger partial charge is 0.324 e. The summed E-state index contributed by atoms with van der Waals surface area (Å²) in [5.41, 5.74) is 0.105. The van der Waals surface area contributed by atoms with E-state index < -0.39 is 18.6 Å². The van der Waals surface area contributed by atoms with Crippen LogP contribution in [0.4, 0.5) is 4.39 Å². The van der Waals surface area contributed by atoms with Crippen LogP contribution in [0.15, 0.2) is 24.3 Å². The minimum Gasteiger partial charge on any atom is -0.324 e. The van der Waals surface area contributed by atoms with Gasteiger partial charge in [0.1, 0.15) is 5.82 Å². The van der Waals surface area contributed by atoms with Crippen LogP contribution in [-0.2, 0) is 9.72 Å². The Kier molecular flexibility index (Phi) is 3.89. The van der Waals surface area contributed by atoms with Crippen LogP contribution in [-0.4, -0.2) is 9.79 Å². The molecule has 5 heteroatoms. The van der Waals surface area contributed by atoms with Crippen LogP contribution in [0.2, 0.25) is 0 Å². The van der Waals surface area contributed by atoms with E-state index in [9.17, 15) is 18.7 Å². The third-order valence-corrected chi connectivity index (χ3v) is 5.09. The van der Waals surface area contributed by atoms with Crippen molar-refractivity contribution < 1.29 is 18.7 Å². The molecule has 0 spiro atoms. The second-order valence-electron chi connectivity index (χ2n) is 3.76. The van der Waals surface area contributed by atoms with Gasteiger partial charge >= 0.3 is 7.60 Å². The Balaban J connectivity index is 3.45. The van der Waals surface area contributed by atoms with Crippen LogP contribution in [0.5, 0.6) is 0 Å². The minimum atomic E-state index is -4.40. The highest BCUT2D eigenvalue weighted by Gasteiger charge is 2.46. The second kappa shape index (κ2) is 4.66. The van der Waals surface area contributed by atoms with Crippen molar-refractivity contribution in [1.82, 2.24) is 0 Å². The first kappa shape index (κ1) is 13.4. The lowest BCUT2D eigenvalue weighted by Crippen LogP contribution is -2.25. The molecule has 0 aliphatic carbocycles. The van der Waals surface area contributed by atoms with Crippen LogP contribution in [0.3, 0.4) is 0 Å². The van der Waals surface area contributed by atoms with Crippen LogP contribution < -0.4 is 0 Å². The Bertz CT molecular complexity index is 409. The molecule has 16 heavy (non-hydrogen) atoms. The molecular formula is C11H16FO3P. The van der Waals surface area contributed by atoms with E-state index >= 15 is 0 Å². The standard InChI is InChI=1S/C11H16FO3P/c1-3-11(4-2,16(13,14)15)9-7-5-6-8-10(9)12/h5-8H,3-4H2,1-2H3,(H2,13,14,15). The van der Waals surface area contributed by atoms with Gasteiger partial charge in [-0.05, 0) is 18.9 Å². The van der Waals surface area contributed by atoms with E-state index in [4.69, 9.17) is 0 Å². The molecule has 0 radical (unpaired) electrons. The van der Waals surface area contributed by atoms with E-state index in [2.05, 4.69) is 0 Å². The fourth-order valence-electron chi connectivity index (χ4n) is 2.04. The summed E-state index contributed by atoms with van der Waals surface area (Å²) in [4.78, 5) is 18.9. The molecular weight excluding hydrogens is 230 g/mol. The maximum absolute atomic E-state index is 13.6. The van der Waals surface area contributed by atoms with Gasteiger partial charge in [0.15, 0.2) is 0 Å². The van der Waals surface area contributed by atoms with Gasteiger partial charge in [-0.25, -0.2) is 4.39 Å². The number of hydrogen-bond acceptors (Lipinski definition) is 1. The van der Waals surface area contributed by atoms with E-state index in [0.29, 0.717) is 0 Å². The third-order valence-electron chi connectivity index (χ3n) is 3.10. The zero-order valence-electron chi connectivity index (χ0n) is 9.35. The Hall–Kier alpha value is -0.700. The molecule has 1 aromatic carbocycles. The van der Waals surface area contributed by atoms with Crippen LogP contribution in [0.1, 0.15) is 32.3 Å². The lowest BCUT2D eigenvalue weighted by Gasteiger charge is -2.33. The molecule has 0 aromatic heterocycles. The van der Waals surface area contributed by atoms with E-state index in [-0.39, 0.29) is 18.4 Å². The number of benzene rings is 1. The molecule has 0 fully saturated rings. The zero-order chi connectivity index (χ0) is 12.4. The highest BCUT2D eigenvalue weighted by Crippen LogP contribution is 2.61. The number of rotatable bonds is 4. The summed E-state index contributed by atoms with van der Waals surface area (Å²) in [5.74, 6) is -0.561. The molecule has 0 atom stereocenters. The Morgan fingerprint density at radius 2 is 1.75 bits per heavy atom. The number of hydrogen-bond donors (Lipinski definition) is 2. The van der Waals surface area contributed by atoms with Crippen molar-refractivity contribution in [2.45, 2.75) is 31.8 Å². The van der Waals surface area contributed by atoms with Gasteiger partial charge in [0, 0.05) is 5.56 Å². The van der Waals surface area contributed by atoms with Crippen molar-refractivity contribution in [1.29, 1.82) is 0 Å². The molecule has 0 amide bonds. The van der Waals surface area contributed by atoms with Crippen molar-refractivity contribution in [3.63, 3.8) is 0 Å². The highest BCUT2D eigenvalue weighted by molar-refractivity contribution is 7.53. The molecule has 0 bridgehead atoms. The van der Waals surface area contributed by atoms with Crippen LogP contribution >= 0.6 is 7.60 Å². The first-order valence-electron chi connectivity index (χ1n) is 5.19. The van der Waals surface area contributed by atoms with Crippen molar-refractivity contribution >= 4 is 7.60 Å². The van der Waals surface area contributed by atoms with Gasteiger partial charge in [-0.1, -0.05) is 32.0 Å². The third kappa shape index (κ3) is 2.05. The largest absolute Gasteiger partial charge is 0.336 e. The lowest BCUT2D eigenvalue weighted by molar-refractivity contribution is 0.311. The summed E-state index contributed by atoms with van der Waals surface area (Å²) >= 11 is 0. The van der Waals surface area contributed by atoms with E-state index in [1.807, 2.05) is 0 Å². The molecule has 0 aliphatic rings. The summed E-state index contributed by atoms with van der Waals surface area (Å²) in [5, 5.41) is -1.40.